The standard InChI is InChI=1S/C15H23F2NO2S/c16-15(17)21-11-14-7-6-13(20-14)10-18-8-3-9-19-12-4-1-2-5-12/h6-7,12,15,18H,1-5,8-11H2. The lowest BCUT2D eigenvalue weighted by Gasteiger charge is -2.10. The molecule has 0 aromatic carbocycles. The van der Waals surface area contributed by atoms with E-state index in [1.165, 1.54) is 25.7 Å². The highest BCUT2D eigenvalue weighted by Crippen LogP contribution is 2.21. The lowest BCUT2D eigenvalue weighted by molar-refractivity contribution is 0.0568. The van der Waals surface area contributed by atoms with Crippen molar-refractivity contribution < 1.29 is 17.9 Å². The first-order valence-corrected chi connectivity index (χ1v) is 8.58. The van der Waals surface area contributed by atoms with E-state index < -0.39 is 5.76 Å². The van der Waals surface area contributed by atoms with E-state index in [4.69, 9.17) is 9.15 Å². The Kier molecular flexibility index (Phi) is 7.53. The average Bonchev–Trinajstić information content (AvgIpc) is 3.12. The maximum absolute atomic E-state index is 12.1. The van der Waals surface area contributed by atoms with Gasteiger partial charge in [0.2, 0.25) is 0 Å². The van der Waals surface area contributed by atoms with Crippen LogP contribution in [-0.2, 0) is 17.0 Å². The van der Waals surface area contributed by atoms with E-state index in [1.807, 2.05) is 6.07 Å². The molecule has 2 rings (SSSR count). The van der Waals surface area contributed by atoms with Crippen molar-refractivity contribution in [1.29, 1.82) is 0 Å². The van der Waals surface area contributed by atoms with Crippen molar-refractivity contribution in [1.82, 2.24) is 5.32 Å². The van der Waals surface area contributed by atoms with E-state index >= 15 is 0 Å². The van der Waals surface area contributed by atoms with Crippen molar-refractivity contribution in [2.45, 2.75) is 56.3 Å². The second kappa shape index (κ2) is 9.43. The molecule has 0 aliphatic heterocycles. The second-order valence-corrected chi connectivity index (χ2v) is 6.23. The maximum Gasteiger partial charge on any atom is 0.284 e. The third-order valence-electron chi connectivity index (χ3n) is 3.52. The van der Waals surface area contributed by atoms with E-state index in [1.54, 1.807) is 6.07 Å². The lowest BCUT2D eigenvalue weighted by Crippen LogP contribution is -2.17. The maximum atomic E-state index is 12.1. The quantitative estimate of drug-likeness (QED) is 0.656. The predicted octanol–water partition coefficient (Wildman–Crippen LogP) is 4.17. The molecule has 6 heteroatoms. The largest absolute Gasteiger partial charge is 0.464 e. The number of hydrogen-bond acceptors (Lipinski definition) is 4. The summed E-state index contributed by atoms with van der Waals surface area (Å²) in [4.78, 5) is 0. The summed E-state index contributed by atoms with van der Waals surface area (Å²) in [6, 6.07) is 3.60. The Bertz CT molecular complexity index is 395. The zero-order valence-electron chi connectivity index (χ0n) is 12.2. The van der Waals surface area contributed by atoms with Gasteiger partial charge in [0.25, 0.3) is 5.76 Å². The van der Waals surface area contributed by atoms with E-state index in [0.29, 0.717) is 30.2 Å². The minimum Gasteiger partial charge on any atom is -0.464 e. The first-order chi connectivity index (χ1) is 10.2. The number of halogens is 2. The van der Waals surface area contributed by atoms with Gasteiger partial charge >= 0.3 is 0 Å². The van der Waals surface area contributed by atoms with Crippen molar-refractivity contribution >= 4 is 11.8 Å². The Labute approximate surface area is 128 Å². The van der Waals surface area contributed by atoms with Crippen molar-refractivity contribution in [3.05, 3.63) is 23.7 Å². The Morgan fingerprint density at radius 2 is 2.05 bits per heavy atom. The number of alkyl halides is 2. The van der Waals surface area contributed by atoms with Gasteiger partial charge in [-0.15, -0.1) is 0 Å². The number of rotatable bonds is 10. The Hall–Kier alpha value is -0.590. The van der Waals surface area contributed by atoms with Gasteiger partial charge in [0.05, 0.1) is 18.4 Å². The van der Waals surface area contributed by atoms with Gasteiger partial charge in [0.15, 0.2) is 0 Å². The highest BCUT2D eigenvalue weighted by molar-refractivity contribution is 7.98. The smallest absolute Gasteiger partial charge is 0.284 e. The molecule has 0 bridgehead atoms. The molecule has 1 saturated carbocycles. The molecule has 0 radical (unpaired) electrons. The molecule has 1 N–H and O–H groups in total. The molecule has 0 amide bonds. The van der Waals surface area contributed by atoms with Crippen LogP contribution >= 0.6 is 11.8 Å². The van der Waals surface area contributed by atoms with Crippen molar-refractivity contribution in [2.75, 3.05) is 13.2 Å². The molecule has 1 aliphatic carbocycles. The molecule has 0 unspecified atom stereocenters. The van der Waals surface area contributed by atoms with Crippen LogP contribution < -0.4 is 5.32 Å². The second-order valence-electron chi connectivity index (χ2n) is 5.25. The summed E-state index contributed by atoms with van der Waals surface area (Å²) < 4.78 is 35.4. The molecule has 0 spiro atoms. The number of thioether (sulfide) groups is 1. The van der Waals surface area contributed by atoms with Gasteiger partial charge < -0.3 is 14.5 Å². The molecule has 1 aromatic rings. The summed E-state index contributed by atoms with van der Waals surface area (Å²) in [5, 5.41) is 3.28. The lowest BCUT2D eigenvalue weighted by atomic mass is 10.3. The molecule has 1 fully saturated rings. The molecule has 21 heavy (non-hydrogen) atoms. The van der Waals surface area contributed by atoms with Gasteiger partial charge in [-0.2, -0.15) is 8.78 Å². The molecule has 1 aliphatic rings. The van der Waals surface area contributed by atoms with Crippen molar-refractivity contribution in [3.63, 3.8) is 0 Å². The monoisotopic (exact) mass is 319 g/mol. The third-order valence-corrected chi connectivity index (χ3v) is 4.22. The summed E-state index contributed by atoms with van der Waals surface area (Å²) in [6.45, 7) is 2.30. The van der Waals surface area contributed by atoms with Gasteiger partial charge in [-0.25, -0.2) is 0 Å². The molecule has 1 aromatic heterocycles. The molecule has 120 valence electrons. The summed E-state index contributed by atoms with van der Waals surface area (Å²) in [6.07, 6.45) is 6.47. The number of furan rings is 1. The van der Waals surface area contributed by atoms with E-state index in [0.717, 1.165) is 25.3 Å². The van der Waals surface area contributed by atoms with Crippen LogP contribution in [0.25, 0.3) is 0 Å². The van der Waals surface area contributed by atoms with Crippen LogP contribution in [0.5, 0.6) is 0 Å². The molecular formula is C15H23F2NO2S. The molecular weight excluding hydrogens is 296 g/mol. The Morgan fingerprint density at radius 3 is 2.81 bits per heavy atom. The Balaban J connectivity index is 1.50. The predicted molar refractivity (Wildman–Crippen MR) is 80.5 cm³/mol. The van der Waals surface area contributed by atoms with Gasteiger partial charge in [0, 0.05) is 6.61 Å². The van der Waals surface area contributed by atoms with Crippen LogP contribution in [0, 0.1) is 0 Å². The fraction of sp³-hybridized carbons (Fsp3) is 0.733. The first kappa shape index (κ1) is 16.8. The fourth-order valence-corrected chi connectivity index (χ4v) is 2.90. The molecule has 1 heterocycles. The fourth-order valence-electron chi connectivity index (χ4n) is 2.45. The van der Waals surface area contributed by atoms with Crippen LogP contribution in [0.3, 0.4) is 0 Å². The third kappa shape index (κ3) is 6.80. The van der Waals surface area contributed by atoms with Crippen LogP contribution in [-0.4, -0.2) is 25.0 Å². The summed E-state index contributed by atoms with van der Waals surface area (Å²) >= 11 is 0.581. The van der Waals surface area contributed by atoms with E-state index in [9.17, 15) is 8.78 Å². The number of ether oxygens (including phenoxy) is 1. The van der Waals surface area contributed by atoms with Gasteiger partial charge in [-0.1, -0.05) is 24.6 Å². The van der Waals surface area contributed by atoms with Gasteiger partial charge in [-0.3, -0.25) is 0 Å². The van der Waals surface area contributed by atoms with Crippen LogP contribution in [0.1, 0.15) is 43.6 Å². The molecule has 3 nitrogen and oxygen atoms in total. The zero-order chi connectivity index (χ0) is 14.9. The summed E-state index contributed by atoms with van der Waals surface area (Å²) in [7, 11) is 0. The molecule has 0 atom stereocenters. The minimum absolute atomic E-state index is 0.215. The van der Waals surface area contributed by atoms with Crippen LogP contribution in [0.2, 0.25) is 0 Å². The van der Waals surface area contributed by atoms with Crippen molar-refractivity contribution in [3.8, 4) is 0 Å². The zero-order valence-corrected chi connectivity index (χ0v) is 13.0. The summed E-state index contributed by atoms with van der Waals surface area (Å²) in [5.74, 6) is -0.748. The SMILES string of the molecule is FC(F)SCc1ccc(CNCCCOC2CCCC2)o1. The number of hydrogen-bond donors (Lipinski definition) is 1. The van der Waals surface area contributed by atoms with E-state index in [-0.39, 0.29) is 5.75 Å². The molecule has 0 saturated heterocycles. The Morgan fingerprint density at radius 1 is 1.29 bits per heavy atom. The highest BCUT2D eigenvalue weighted by Gasteiger charge is 2.14. The number of nitrogens with one attached hydrogen (secondary N) is 1. The highest BCUT2D eigenvalue weighted by atomic mass is 32.2. The van der Waals surface area contributed by atoms with Crippen molar-refractivity contribution in [2.24, 2.45) is 0 Å². The average molecular weight is 319 g/mol. The van der Waals surface area contributed by atoms with Gasteiger partial charge in [-0.05, 0) is 37.9 Å². The van der Waals surface area contributed by atoms with Crippen LogP contribution in [0.4, 0.5) is 8.78 Å². The topological polar surface area (TPSA) is 34.4 Å². The van der Waals surface area contributed by atoms with Gasteiger partial charge in [0.1, 0.15) is 11.5 Å². The minimum atomic E-state index is -2.35. The van der Waals surface area contributed by atoms with E-state index in [2.05, 4.69) is 5.32 Å². The summed E-state index contributed by atoms with van der Waals surface area (Å²) in [5.41, 5.74) is 0. The van der Waals surface area contributed by atoms with Crippen LogP contribution in [0.15, 0.2) is 16.5 Å². The first-order valence-electron chi connectivity index (χ1n) is 7.53. The normalized spacial score (nSPS) is 16.1.